The maximum Gasteiger partial charge on any atom is 0.329 e. The van der Waals surface area contributed by atoms with Crippen molar-refractivity contribution in [3.63, 3.8) is 0 Å². The highest BCUT2D eigenvalue weighted by molar-refractivity contribution is 6.00. The number of nitrogens with zero attached hydrogens (tertiary/aromatic N) is 1. The van der Waals surface area contributed by atoms with Crippen molar-refractivity contribution < 1.29 is 14.7 Å². The summed E-state index contributed by atoms with van der Waals surface area (Å²) in [6.45, 7) is 3.20. The van der Waals surface area contributed by atoms with Crippen LogP contribution >= 0.6 is 0 Å². The van der Waals surface area contributed by atoms with Crippen LogP contribution < -0.4 is 10.6 Å². The van der Waals surface area contributed by atoms with Crippen molar-refractivity contribution in [2.75, 3.05) is 18.9 Å². The summed E-state index contributed by atoms with van der Waals surface area (Å²) in [6.07, 6.45) is 0. The Morgan fingerprint density at radius 1 is 1.21 bits per heavy atom. The Hall–Kier alpha value is -2.08. The third-order valence-electron chi connectivity index (χ3n) is 2.31. The van der Waals surface area contributed by atoms with E-state index in [1.165, 1.54) is 7.05 Å². The second-order valence-corrected chi connectivity index (χ2v) is 4.83. The van der Waals surface area contributed by atoms with Crippen LogP contribution in [0.4, 0.5) is 15.3 Å². The molecule has 19 heavy (non-hydrogen) atoms. The third kappa shape index (κ3) is 5.39. The Labute approximate surface area is 112 Å². The molecule has 104 valence electrons. The fraction of sp³-hybridized carbons (Fsp3) is 0.385. The molecule has 0 radical (unpaired) electrons. The second-order valence-electron chi connectivity index (χ2n) is 4.83. The van der Waals surface area contributed by atoms with E-state index in [0.717, 1.165) is 4.90 Å². The highest BCUT2D eigenvalue weighted by Crippen LogP contribution is 2.06. The van der Waals surface area contributed by atoms with E-state index in [0.29, 0.717) is 5.69 Å². The van der Waals surface area contributed by atoms with Crippen molar-refractivity contribution in [1.29, 1.82) is 0 Å². The number of benzene rings is 1. The highest BCUT2D eigenvalue weighted by Gasteiger charge is 2.19. The minimum Gasteiger partial charge on any atom is -0.389 e. The molecule has 0 saturated carbocycles. The van der Waals surface area contributed by atoms with Gasteiger partial charge in [0.05, 0.1) is 5.60 Å². The van der Waals surface area contributed by atoms with Gasteiger partial charge in [0.2, 0.25) is 0 Å². The number of rotatable bonds is 3. The van der Waals surface area contributed by atoms with Gasteiger partial charge in [-0.15, -0.1) is 0 Å². The first-order valence-corrected chi connectivity index (χ1v) is 5.89. The molecule has 0 fully saturated rings. The number of amides is 4. The Morgan fingerprint density at radius 3 is 2.32 bits per heavy atom. The van der Waals surface area contributed by atoms with Crippen molar-refractivity contribution in [1.82, 2.24) is 10.2 Å². The maximum absolute atomic E-state index is 11.8. The predicted molar refractivity (Wildman–Crippen MR) is 72.9 cm³/mol. The predicted octanol–water partition coefficient (Wildman–Crippen LogP) is 1.63. The van der Waals surface area contributed by atoms with Crippen LogP contribution in [-0.4, -0.2) is 41.3 Å². The van der Waals surface area contributed by atoms with Crippen LogP contribution in [0, 0.1) is 0 Å². The smallest absolute Gasteiger partial charge is 0.329 e. The van der Waals surface area contributed by atoms with E-state index in [4.69, 9.17) is 0 Å². The lowest BCUT2D eigenvalue weighted by molar-refractivity contribution is 0.0806. The Kier molecular flexibility index (Phi) is 4.88. The minimum absolute atomic E-state index is 0.0643. The summed E-state index contributed by atoms with van der Waals surface area (Å²) in [7, 11) is 1.36. The maximum atomic E-state index is 11.8. The summed E-state index contributed by atoms with van der Waals surface area (Å²) < 4.78 is 0. The van der Waals surface area contributed by atoms with Crippen LogP contribution in [0.1, 0.15) is 13.8 Å². The van der Waals surface area contributed by atoms with Crippen LogP contribution in [0.25, 0.3) is 0 Å². The number of anilines is 1. The summed E-state index contributed by atoms with van der Waals surface area (Å²) >= 11 is 0. The molecule has 1 rings (SSSR count). The lowest BCUT2D eigenvalue weighted by Crippen LogP contribution is -2.47. The van der Waals surface area contributed by atoms with E-state index in [-0.39, 0.29) is 6.54 Å². The van der Waals surface area contributed by atoms with Crippen LogP contribution in [0.15, 0.2) is 30.3 Å². The molecule has 3 N–H and O–H groups in total. The first-order valence-electron chi connectivity index (χ1n) is 5.89. The Morgan fingerprint density at radius 2 is 1.79 bits per heavy atom. The first-order chi connectivity index (χ1) is 8.79. The average Bonchev–Trinajstić information content (AvgIpc) is 2.35. The van der Waals surface area contributed by atoms with Gasteiger partial charge >= 0.3 is 12.1 Å². The van der Waals surface area contributed by atoms with Gasteiger partial charge in [-0.25, -0.2) is 14.5 Å². The van der Waals surface area contributed by atoms with Crippen molar-refractivity contribution >= 4 is 17.7 Å². The normalized spacial score (nSPS) is 10.7. The van der Waals surface area contributed by atoms with Crippen LogP contribution in [-0.2, 0) is 0 Å². The minimum atomic E-state index is -1.02. The van der Waals surface area contributed by atoms with Gasteiger partial charge in [0.1, 0.15) is 0 Å². The van der Waals surface area contributed by atoms with Gasteiger partial charge in [-0.1, -0.05) is 18.2 Å². The Bertz CT molecular complexity index is 440. The molecule has 1 aromatic rings. The highest BCUT2D eigenvalue weighted by atomic mass is 16.3. The lowest BCUT2D eigenvalue weighted by Gasteiger charge is -2.21. The van der Waals surface area contributed by atoms with E-state index in [9.17, 15) is 14.7 Å². The average molecular weight is 265 g/mol. The van der Waals surface area contributed by atoms with E-state index in [1.54, 1.807) is 38.1 Å². The number of urea groups is 2. The molecule has 0 bridgehead atoms. The molecule has 0 aliphatic rings. The molecule has 0 atom stereocenters. The molecule has 1 aromatic carbocycles. The number of hydrogen-bond donors (Lipinski definition) is 3. The molecule has 6 nitrogen and oxygen atoms in total. The third-order valence-corrected chi connectivity index (χ3v) is 2.31. The molecular weight excluding hydrogens is 246 g/mol. The molecule has 0 heterocycles. The molecule has 0 aliphatic heterocycles. The number of para-hydroxylation sites is 1. The number of carbonyl (C=O) groups excluding carboxylic acids is 2. The van der Waals surface area contributed by atoms with Crippen molar-refractivity contribution in [2.45, 2.75) is 19.4 Å². The van der Waals surface area contributed by atoms with Gasteiger partial charge in [-0.2, -0.15) is 0 Å². The topological polar surface area (TPSA) is 81.7 Å². The molecule has 0 aliphatic carbocycles. The van der Waals surface area contributed by atoms with Gasteiger partial charge in [0, 0.05) is 19.3 Å². The molecule has 0 spiro atoms. The number of carbonyl (C=O) groups is 2. The number of aliphatic hydroxyl groups is 1. The summed E-state index contributed by atoms with van der Waals surface area (Å²) in [5.41, 5.74) is -0.415. The van der Waals surface area contributed by atoms with Gasteiger partial charge in [0.25, 0.3) is 0 Å². The number of imide groups is 1. The standard InChI is InChI=1S/C13H19N3O3/c1-13(2,19)9-14-11(17)16(3)12(18)15-10-7-5-4-6-8-10/h4-8,19H,9H2,1-3H3,(H,14,17)(H,15,18). The van der Waals surface area contributed by atoms with Gasteiger partial charge < -0.3 is 15.7 Å². The molecule has 4 amide bonds. The largest absolute Gasteiger partial charge is 0.389 e. The molecule has 0 saturated heterocycles. The fourth-order valence-corrected chi connectivity index (χ4v) is 1.23. The second kappa shape index (κ2) is 6.19. The van der Waals surface area contributed by atoms with Crippen LogP contribution in [0.3, 0.4) is 0 Å². The zero-order chi connectivity index (χ0) is 14.5. The Balaban J connectivity index is 2.50. The number of nitrogens with one attached hydrogen (secondary N) is 2. The van der Waals surface area contributed by atoms with Gasteiger partial charge in [0.15, 0.2) is 0 Å². The van der Waals surface area contributed by atoms with Crippen molar-refractivity contribution in [3.05, 3.63) is 30.3 Å². The van der Waals surface area contributed by atoms with E-state index < -0.39 is 17.7 Å². The zero-order valence-electron chi connectivity index (χ0n) is 11.3. The molecule has 0 unspecified atom stereocenters. The van der Waals surface area contributed by atoms with E-state index in [2.05, 4.69) is 10.6 Å². The monoisotopic (exact) mass is 265 g/mol. The summed E-state index contributed by atoms with van der Waals surface area (Å²) in [5.74, 6) is 0. The SMILES string of the molecule is CN(C(=O)NCC(C)(C)O)C(=O)Nc1ccccc1. The van der Waals surface area contributed by atoms with Crippen molar-refractivity contribution in [2.24, 2.45) is 0 Å². The van der Waals surface area contributed by atoms with E-state index >= 15 is 0 Å². The molecule has 0 aromatic heterocycles. The summed E-state index contributed by atoms with van der Waals surface area (Å²) in [4.78, 5) is 24.3. The first kappa shape index (κ1) is 15.0. The number of hydrogen-bond acceptors (Lipinski definition) is 3. The molecular formula is C13H19N3O3. The molecule has 6 heteroatoms. The van der Waals surface area contributed by atoms with Gasteiger partial charge in [-0.3, -0.25) is 0 Å². The van der Waals surface area contributed by atoms with Crippen LogP contribution in [0.5, 0.6) is 0 Å². The lowest BCUT2D eigenvalue weighted by atomic mass is 10.1. The zero-order valence-corrected chi connectivity index (χ0v) is 11.3. The quantitative estimate of drug-likeness (QED) is 0.777. The van der Waals surface area contributed by atoms with Gasteiger partial charge in [-0.05, 0) is 26.0 Å². The summed E-state index contributed by atoms with van der Waals surface area (Å²) in [5, 5.41) is 14.5. The van der Waals surface area contributed by atoms with E-state index in [1.807, 2.05) is 6.07 Å². The summed E-state index contributed by atoms with van der Waals surface area (Å²) in [6, 6.07) is 7.72. The fourth-order valence-electron chi connectivity index (χ4n) is 1.23. The van der Waals surface area contributed by atoms with Crippen molar-refractivity contribution in [3.8, 4) is 0 Å². The van der Waals surface area contributed by atoms with Crippen LogP contribution in [0.2, 0.25) is 0 Å².